The summed E-state index contributed by atoms with van der Waals surface area (Å²) in [7, 11) is 0. The van der Waals surface area contributed by atoms with E-state index >= 15 is 0 Å². The summed E-state index contributed by atoms with van der Waals surface area (Å²) in [4.78, 5) is 15.6. The number of aromatic nitrogens is 2. The number of carbonyl (C=O) groups excluding carboxylic acids is 1. The van der Waals surface area contributed by atoms with Crippen molar-refractivity contribution < 1.29 is 23.1 Å². The van der Waals surface area contributed by atoms with Gasteiger partial charge >= 0.3 is 6.18 Å². The standard InChI is InChI=1S/C18H16F3N3O2/c19-18(20,21)12-6-2-1-5-11(12)15(25)10-24-14-8-4-3-7-13(14)23-17(24)9-16(22)26/h1-8,15,25H,9-10H2,(H2,22,26). The minimum Gasteiger partial charge on any atom is -0.387 e. The third-order valence-electron chi connectivity index (χ3n) is 4.05. The maximum Gasteiger partial charge on any atom is 0.416 e. The van der Waals surface area contributed by atoms with E-state index in [1.165, 1.54) is 22.8 Å². The van der Waals surface area contributed by atoms with Crippen LogP contribution in [-0.2, 0) is 23.9 Å². The molecule has 0 bridgehead atoms. The Labute approximate surface area is 146 Å². The van der Waals surface area contributed by atoms with Gasteiger partial charge < -0.3 is 15.4 Å². The first kappa shape index (κ1) is 17.9. The summed E-state index contributed by atoms with van der Waals surface area (Å²) in [5.41, 5.74) is 5.28. The number of hydrogen-bond donors (Lipinski definition) is 2. The van der Waals surface area contributed by atoms with Crippen molar-refractivity contribution in [2.24, 2.45) is 5.73 Å². The molecule has 0 aliphatic rings. The molecule has 5 nitrogen and oxygen atoms in total. The number of primary amides is 1. The van der Waals surface area contributed by atoms with E-state index in [9.17, 15) is 23.1 Å². The highest BCUT2D eigenvalue weighted by Gasteiger charge is 2.34. The molecule has 2 aromatic carbocycles. The predicted molar refractivity (Wildman–Crippen MR) is 89.0 cm³/mol. The molecule has 136 valence electrons. The molecule has 1 atom stereocenters. The normalized spacial score (nSPS) is 13.1. The van der Waals surface area contributed by atoms with Gasteiger partial charge in [0.1, 0.15) is 5.82 Å². The lowest BCUT2D eigenvalue weighted by molar-refractivity contribution is -0.139. The Balaban J connectivity index is 2.03. The number of alkyl halides is 3. The van der Waals surface area contributed by atoms with Crippen molar-refractivity contribution in [3.63, 3.8) is 0 Å². The van der Waals surface area contributed by atoms with E-state index in [2.05, 4.69) is 4.98 Å². The van der Waals surface area contributed by atoms with Crippen LogP contribution in [0.3, 0.4) is 0 Å². The molecule has 0 aliphatic carbocycles. The van der Waals surface area contributed by atoms with E-state index < -0.39 is 23.8 Å². The quantitative estimate of drug-likeness (QED) is 0.731. The monoisotopic (exact) mass is 363 g/mol. The molecule has 3 N–H and O–H groups in total. The largest absolute Gasteiger partial charge is 0.416 e. The number of amides is 1. The molecule has 1 aromatic heterocycles. The molecule has 0 saturated heterocycles. The highest BCUT2D eigenvalue weighted by atomic mass is 19.4. The van der Waals surface area contributed by atoms with Gasteiger partial charge in [-0.2, -0.15) is 13.2 Å². The second-order valence-corrected chi connectivity index (χ2v) is 5.87. The number of hydrogen-bond acceptors (Lipinski definition) is 3. The first-order valence-corrected chi connectivity index (χ1v) is 7.84. The maximum atomic E-state index is 13.2. The van der Waals surface area contributed by atoms with Gasteiger partial charge in [0.25, 0.3) is 0 Å². The van der Waals surface area contributed by atoms with Crippen molar-refractivity contribution in [3.8, 4) is 0 Å². The highest BCUT2D eigenvalue weighted by molar-refractivity contribution is 5.80. The molecular formula is C18H16F3N3O2. The van der Waals surface area contributed by atoms with Crippen LogP contribution in [0.4, 0.5) is 13.2 Å². The van der Waals surface area contributed by atoms with E-state index in [-0.39, 0.29) is 18.5 Å². The number of carbonyl (C=O) groups is 1. The number of fused-ring (bicyclic) bond motifs is 1. The molecule has 0 saturated carbocycles. The van der Waals surface area contributed by atoms with Crippen LogP contribution in [0.25, 0.3) is 11.0 Å². The molecule has 0 spiro atoms. The van der Waals surface area contributed by atoms with Gasteiger partial charge in [-0.3, -0.25) is 4.79 Å². The lowest BCUT2D eigenvalue weighted by atomic mass is 10.0. The van der Waals surface area contributed by atoms with E-state index in [1.54, 1.807) is 24.3 Å². The van der Waals surface area contributed by atoms with Crippen LogP contribution in [0.15, 0.2) is 48.5 Å². The lowest BCUT2D eigenvalue weighted by Crippen LogP contribution is -2.20. The molecule has 1 amide bonds. The molecule has 0 aliphatic heterocycles. The highest BCUT2D eigenvalue weighted by Crippen LogP contribution is 2.35. The Hall–Kier alpha value is -2.87. The predicted octanol–water partition coefficient (Wildman–Crippen LogP) is 2.82. The van der Waals surface area contributed by atoms with Crippen LogP contribution < -0.4 is 5.73 Å². The summed E-state index contributed by atoms with van der Waals surface area (Å²) in [6.45, 7) is -0.184. The van der Waals surface area contributed by atoms with Crippen molar-refractivity contribution in [1.29, 1.82) is 0 Å². The number of nitrogens with zero attached hydrogens (tertiary/aromatic N) is 2. The molecule has 0 fully saturated rings. The third kappa shape index (κ3) is 3.55. The fourth-order valence-corrected chi connectivity index (χ4v) is 2.94. The van der Waals surface area contributed by atoms with Crippen molar-refractivity contribution in [2.75, 3.05) is 0 Å². The summed E-state index contributed by atoms with van der Waals surface area (Å²) < 4.78 is 41.1. The maximum absolute atomic E-state index is 13.2. The van der Waals surface area contributed by atoms with Crippen LogP contribution >= 0.6 is 0 Å². The number of para-hydroxylation sites is 2. The zero-order chi connectivity index (χ0) is 18.9. The summed E-state index contributed by atoms with van der Waals surface area (Å²) >= 11 is 0. The Morgan fingerprint density at radius 2 is 1.81 bits per heavy atom. The Morgan fingerprint density at radius 1 is 1.15 bits per heavy atom. The van der Waals surface area contributed by atoms with Crippen molar-refractivity contribution in [1.82, 2.24) is 9.55 Å². The molecule has 26 heavy (non-hydrogen) atoms. The molecule has 0 radical (unpaired) electrons. The summed E-state index contributed by atoms with van der Waals surface area (Å²) in [5, 5.41) is 10.5. The van der Waals surface area contributed by atoms with Gasteiger partial charge in [0, 0.05) is 0 Å². The van der Waals surface area contributed by atoms with Crippen LogP contribution in [0.1, 0.15) is 23.1 Å². The van der Waals surface area contributed by atoms with E-state index in [0.29, 0.717) is 16.9 Å². The second kappa shape index (κ2) is 6.80. The number of imidazole rings is 1. The molecule has 1 heterocycles. The van der Waals surface area contributed by atoms with Crippen molar-refractivity contribution >= 4 is 16.9 Å². The van der Waals surface area contributed by atoms with Crippen LogP contribution in [0.5, 0.6) is 0 Å². The summed E-state index contributed by atoms with van der Waals surface area (Å²) in [6, 6.07) is 11.8. The fraction of sp³-hybridized carbons (Fsp3) is 0.222. The molecule has 8 heteroatoms. The zero-order valence-corrected chi connectivity index (χ0v) is 13.6. The summed E-state index contributed by atoms with van der Waals surface area (Å²) in [5.74, 6) is -0.325. The molecule has 3 rings (SSSR count). The number of aliphatic hydroxyl groups excluding tert-OH is 1. The minimum absolute atomic E-state index is 0.178. The fourth-order valence-electron chi connectivity index (χ4n) is 2.94. The SMILES string of the molecule is NC(=O)Cc1nc2ccccc2n1CC(O)c1ccccc1C(F)(F)F. The van der Waals surface area contributed by atoms with E-state index in [4.69, 9.17) is 5.73 Å². The van der Waals surface area contributed by atoms with Crippen molar-refractivity contribution in [2.45, 2.75) is 25.2 Å². The van der Waals surface area contributed by atoms with Crippen molar-refractivity contribution in [3.05, 3.63) is 65.5 Å². The number of rotatable bonds is 5. The van der Waals surface area contributed by atoms with Crippen LogP contribution in [0, 0.1) is 0 Å². The van der Waals surface area contributed by atoms with Gasteiger partial charge in [0.2, 0.25) is 5.91 Å². The first-order chi connectivity index (χ1) is 12.3. The molecular weight excluding hydrogens is 347 g/mol. The number of halogens is 3. The average Bonchev–Trinajstić information content (AvgIpc) is 2.91. The van der Waals surface area contributed by atoms with Gasteiger partial charge in [0.15, 0.2) is 0 Å². The Bertz CT molecular complexity index is 950. The minimum atomic E-state index is -4.58. The molecule has 1 unspecified atom stereocenters. The zero-order valence-electron chi connectivity index (χ0n) is 13.6. The van der Waals surface area contributed by atoms with Gasteiger partial charge in [-0.25, -0.2) is 4.98 Å². The van der Waals surface area contributed by atoms with Gasteiger partial charge in [-0.1, -0.05) is 30.3 Å². The Kier molecular flexibility index (Phi) is 4.69. The topological polar surface area (TPSA) is 81.1 Å². The molecule has 3 aromatic rings. The first-order valence-electron chi connectivity index (χ1n) is 7.84. The number of nitrogens with two attached hydrogens (primary N) is 1. The van der Waals surface area contributed by atoms with Gasteiger partial charge in [-0.05, 0) is 23.8 Å². The lowest BCUT2D eigenvalue weighted by Gasteiger charge is -2.19. The third-order valence-corrected chi connectivity index (χ3v) is 4.05. The number of benzene rings is 2. The average molecular weight is 363 g/mol. The second-order valence-electron chi connectivity index (χ2n) is 5.87. The van der Waals surface area contributed by atoms with Gasteiger partial charge in [-0.15, -0.1) is 0 Å². The van der Waals surface area contributed by atoms with E-state index in [1.807, 2.05) is 0 Å². The smallest absolute Gasteiger partial charge is 0.387 e. The number of aliphatic hydroxyl groups is 1. The van der Waals surface area contributed by atoms with Gasteiger partial charge in [0.05, 0.1) is 35.7 Å². The summed E-state index contributed by atoms with van der Waals surface area (Å²) in [6.07, 6.45) is -6.19. The van der Waals surface area contributed by atoms with Crippen LogP contribution in [0.2, 0.25) is 0 Å². The Morgan fingerprint density at radius 3 is 2.50 bits per heavy atom. The van der Waals surface area contributed by atoms with Crippen LogP contribution in [-0.4, -0.2) is 20.6 Å². The van der Waals surface area contributed by atoms with E-state index in [0.717, 1.165) is 6.07 Å².